The number of carbonyl (C=O) groups excluding carboxylic acids is 1. The Hall–Kier alpha value is -0.830. The van der Waals surface area contributed by atoms with Crippen molar-refractivity contribution in [3.05, 3.63) is 45.8 Å². The van der Waals surface area contributed by atoms with Crippen LogP contribution in [0.15, 0.2) is 30.3 Å². The molecule has 4 heteroatoms. The Morgan fingerprint density at radius 1 is 1.29 bits per heavy atom. The third-order valence-corrected chi connectivity index (χ3v) is 4.06. The van der Waals surface area contributed by atoms with Crippen molar-refractivity contribution in [2.75, 3.05) is 5.88 Å². The van der Waals surface area contributed by atoms with Gasteiger partial charge in [0, 0.05) is 20.3 Å². The van der Waals surface area contributed by atoms with Crippen LogP contribution >= 0.6 is 34.5 Å². The van der Waals surface area contributed by atoms with Gasteiger partial charge in [-0.15, -0.1) is 22.9 Å². The molecule has 1 aromatic heterocycles. The zero-order valence-corrected chi connectivity index (χ0v) is 11.5. The standard InChI is InChI=1S/C13H10Cl2OS/c1-8-11(12(16)7-14)6-13(17-8)9-2-4-10(15)5-3-9/h2-6H,7H2,1H3. The third kappa shape index (κ3) is 2.71. The fourth-order valence-electron chi connectivity index (χ4n) is 1.59. The molecule has 0 N–H and O–H groups in total. The molecule has 2 rings (SSSR count). The molecule has 0 fully saturated rings. The highest BCUT2D eigenvalue weighted by atomic mass is 35.5. The first-order chi connectivity index (χ1) is 8.11. The van der Waals surface area contributed by atoms with Crippen molar-refractivity contribution >= 4 is 40.3 Å². The van der Waals surface area contributed by atoms with E-state index in [9.17, 15) is 4.79 Å². The predicted octanol–water partition coefficient (Wildman–Crippen LogP) is 4.80. The summed E-state index contributed by atoms with van der Waals surface area (Å²) in [5.74, 6) is -0.00177. The van der Waals surface area contributed by atoms with Crippen molar-refractivity contribution < 1.29 is 4.79 Å². The van der Waals surface area contributed by atoms with E-state index >= 15 is 0 Å². The van der Waals surface area contributed by atoms with Crippen LogP contribution < -0.4 is 0 Å². The molecule has 17 heavy (non-hydrogen) atoms. The number of aryl methyl sites for hydroxylation is 1. The second-order valence-electron chi connectivity index (χ2n) is 3.64. The minimum Gasteiger partial charge on any atom is -0.293 e. The summed E-state index contributed by atoms with van der Waals surface area (Å²) >= 11 is 13.0. The van der Waals surface area contributed by atoms with Gasteiger partial charge in [-0.2, -0.15) is 0 Å². The summed E-state index contributed by atoms with van der Waals surface area (Å²) in [5.41, 5.74) is 1.78. The molecule has 0 spiro atoms. The second-order valence-corrected chi connectivity index (χ2v) is 5.60. The largest absolute Gasteiger partial charge is 0.293 e. The number of halogens is 2. The average Bonchev–Trinajstić information content (AvgIpc) is 2.71. The topological polar surface area (TPSA) is 17.1 Å². The number of thiophene rings is 1. The number of carbonyl (C=O) groups is 1. The average molecular weight is 285 g/mol. The smallest absolute Gasteiger partial charge is 0.178 e. The normalized spacial score (nSPS) is 10.5. The van der Waals surface area contributed by atoms with E-state index < -0.39 is 0 Å². The molecule has 0 saturated carbocycles. The number of alkyl halides is 1. The summed E-state index contributed by atoms with van der Waals surface area (Å²) in [4.78, 5) is 13.6. The van der Waals surface area contributed by atoms with E-state index in [0.717, 1.165) is 20.9 Å². The molecular formula is C13H10Cl2OS. The Kier molecular flexibility index (Phi) is 3.87. The van der Waals surface area contributed by atoms with Crippen molar-refractivity contribution in [3.63, 3.8) is 0 Å². The Labute approximate surface area is 114 Å². The molecule has 0 atom stereocenters. The first kappa shape index (κ1) is 12.6. The number of Topliss-reactive ketones (excluding diaryl/α,β-unsaturated/α-hetero) is 1. The minimum absolute atomic E-state index is 0.0254. The van der Waals surface area contributed by atoms with Gasteiger partial charge in [0.05, 0.1) is 5.88 Å². The maximum Gasteiger partial charge on any atom is 0.178 e. The summed E-state index contributed by atoms with van der Waals surface area (Å²) < 4.78 is 0. The van der Waals surface area contributed by atoms with Crippen LogP contribution in [0.1, 0.15) is 15.2 Å². The lowest BCUT2D eigenvalue weighted by atomic mass is 10.1. The Balaban J connectivity index is 2.41. The number of rotatable bonds is 3. The van der Waals surface area contributed by atoms with E-state index in [1.54, 1.807) is 11.3 Å². The van der Waals surface area contributed by atoms with Gasteiger partial charge in [-0.25, -0.2) is 0 Å². The second kappa shape index (κ2) is 5.21. The highest BCUT2D eigenvalue weighted by Gasteiger charge is 2.13. The van der Waals surface area contributed by atoms with Gasteiger partial charge in [0.1, 0.15) is 0 Å². The number of benzene rings is 1. The highest BCUT2D eigenvalue weighted by molar-refractivity contribution is 7.15. The molecule has 1 aromatic carbocycles. The van der Waals surface area contributed by atoms with Gasteiger partial charge < -0.3 is 0 Å². The molecule has 0 aliphatic carbocycles. The monoisotopic (exact) mass is 284 g/mol. The molecule has 0 radical (unpaired) electrons. The molecule has 0 aliphatic rings. The van der Waals surface area contributed by atoms with Crippen LogP contribution in [0.25, 0.3) is 10.4 Å². The van der Waals surface area contributed by atoms with Crippen molar-refractivity contribution in [1.29, 1.82) is 0 Å². The van der Waals surface area contributed by atoms with Gasteiger partial charge in [-0.3, -0.25) is 4.79 Å². The molecule has 88 valence electrons. The quantitative estimate of drug-likeness (QED) is 0.585. The lowest BCUT2D eigenvalue weighted by Gasteiger charge is -1.96. The first-order valence-electron chi connectivity index (χ1n) is 5.07. The van der Waals surface area contributed by atoms with Crippen molar-refractivity contribution in [3.8, 4) is 10.4 Å². The van der Waals surface area contributed by atoms with Gasteiger partial charge in [-0.05, 0) is 30.7 Å². The van der Waals surface area contributed by atoms with Gasteiger partial charge in [-0.1, -0.05) is 23.7 Å². The predicted molar refractivity (Wildman–Crippen MR) is 74.6 cm³/mol. The Morgan fingerprint density at radius 2 is 1.94 bits per heavy atom. The van der Waals surface area contributed by atoms with Gasteiger partial charge in [0.25, 0.3) is 0 Å². The van der Waals surface area contributed by atoms with Gasteiger partial charge in [0.2, 0.25) is 0 Å². The summed E-state index contributed by atoms with van der Waals surface area (Å²) in [6, 6.07) is 9.48. The number of hydrogen-bond acceptors (Lipinski definition) is 2. The SMILES string of the molecule is Cc1sc(-c2ccc(Cl)cc2)cc1C(=O)CCl. The molecule has 0 amide bonds. The maximum absolute atomic E-state index is 11.6. The maximum atomic E-state index is 11.6. The van der Waals surface area contributed by atoms with E-state index in [1.165, 1.54) is 0 Å². The molecule has 1 nitrogen and oxygen atoms in total. The van der Waals surface area contributed by atoms with Gasteiger partial charge in [0.15, 0.2) is 5.78 Å². The van der Waals surface area contributed by atoms with Crippen molar-refractivity contribution in [2.45, 2.75) is 6.92 Å². The fraction of sp³-hybridized carbons (Fsp3) is 0.154. The van der Waals surface area contributed by atoms with Crippen LogP contribution in [0.5, 0.6) is 0 Å². The molecule has 0 bridgehead atoms. The van der Waals surface area contributed by atoms with Crippen LogP contribution in [0, 0.1) is 6.92 Å². The lowest BCUT2D eigenvalue weighted by Crippen LogP contribution is -1.99. The first-order valence-corrected chi connectivity index (χ1v) is 6.80. The molecule has 0 saturated heterocycles. The van der Waals surface area contributed by atoms with Crippen LogP contribution in [-0.2, 0) is 0 Å². The fourth-order valence-corrected chi connectivity index (χ4v) is 2.90. The summed E-state index contributed by atoms with van der Waals surface area (Å²) in [7, 11) is 0. The Bertz CT molecular complexity index is 543. The highest BCUT2D eigenvalue weighted by Crippen LogP contribution is 2.32. The summed E-state index contributed by atoms with van der Waals surface area (Å²) in [6.07, 6.45) is 0. The number of ketones is 1. The van der Waals surface area contributed by atoms with E-state index in [2.05, 4.69) is 0 Å². The van der Waals surface area contributed by atoms with Crippen molar-refractivity contribution in [1.82, 2.24) is 0 Å². The van der Waals surface area contributed by atoms with Crippen LogP contribution in [0.2, 0.25) is 5.02 Å². The van der Waals surface area contributed by atoms with E-state index in [0.29, 0.717) is 5.02 Å². The summed E-state index contributed by atoms with van der Waals surface area (Å²) in [6.45, 7) is 1.93. The molecule has 0 unspecified atom stereocenters. The summed E-state index contributed by atoms with van der Waals surface area (Å²) in [5, 5.41) is 0.707. The van der Waals surface area contributed by atoms with E-state index in [-0.39, 0.29) is 11.7 Å². The van der Waals surface area contributed by atoms with Crippen LogP contribution in [0.4, 0.5) is 0 Å². The Morgan fingerprint density at radius 3 is 2.53 bits per heavy atom. The van der Waals surface area contributed by atoms with Crippen LogP contribution in [0.3, 0.4) is 0 Å². The number of hydrogen-bond donors (Lipinski definition) is 0. The van der Waals surface area contributed by atoms with Crippen LogP contribution in [-0.4, -0.2) is 11.7 Å². The van der Waals surface area contributed by atoms with Crippen molar-refractivity contribution in [2.24, 2.45) is 0 Å². The molecular weight excluding hydrogens is 275 g/mol. The van der Waals surface area contributed by atoms with Gasteiger partial charge >= 0.3 is 0 Å². The molecule has 1 heterocycles. The molecule has 0 aliphatic heterocycles. The third-order valence-electron chi connectivity index (χ3n) is 2.47. The zero-order chi connectivity index (χ0) is 12.4. The zero-order valence-electron chi connectivity index (χ0n) is 9.17. The van der Waals surface area contributed by atoms with E-state index in [4.69, 9.17) is 23.2 Å². The molecule has 2 aromatic rings. The van der Waals surface area contributed by atoms with E-state index in [1.807, 2.05) is 37.3 Å². The minimum atomic E-state index is -0.0272. The lowest BCUT2D eigenvalue weighted by molar-refractivity contribution is 0.102.